The molecule has 1 aromatic carbocycles. The fourth-order valence-electron chi connectivity index (χ4n) is 2.65. The van der Waals surface area contributed by atoms with Crippen molar-refractivity contribution in [3.63, 3.8) is 0 Å². The van der Waals surface area contributed by atoms with Gasteiger partial charge in [-0.05, 0) is 56.9 Å². The first-order valence-corrected chi connectivity index (χ1v) is 7.76. The summed E-state index contributed by atoms with van der Waals surface area (Å²) in [6, 6.07) is 6.51. The van der Waals surface area contributed by atoms with E-state index in [1.54, 1.807) is 0 Å². The molecule has 0 aliphatic carbocycles. The van der Waals surface area contributed by atoms with Crippen molar-refractivity contribution in [1.82, 2.24) is 0 Å². The van der Waals surface area contributed by atoms with E-state index in [2.05, 4.69) is 28.2 Å². The molecule has 0 spiro atoms. The number of likely N-dealkylation sites (tertiary alicyclic amines) is 1. The van der Waals surface area contributed by atoms with Crippen molar-refractivity contribution in [3.8, 4) is 0 Å². The number of anilines is 1. The molecule has 1 saturated heterocycles. The average molecular weight is 326 g/mol. The summed E-state index contributed by atoms with van der Waals surface area (Å²) in [6.07, 6.45) is 3.78. The predicted molar refractivity (Wildman–Crippen MR) is 81.5 cm³/mol. The van der Waals surface area contributed by atoms with Gasteiger partial charge in [0.25, 0.3) is 5.91 Å². The molecule has 1 aliphatic heterocycles. The number of carbonyl (C=O) groups is 1. The molecule has 3 nitrogen and oxygen atoms in total. The molecule has 0 aromatic heterocycles. The lowest BCUT2D eigenvalue weighted by Crippen LogP contribution is -3.17. The molecule has 1 unspecified atom stereocenters. The summed E-state index contributed by atoms with van der Waals surface area (Å²) in [5.74, 6) is 0.116. The first-order valence-electron chi connectivity index (χ1n) is 6.97. The SMILES string of the molecule is Cc1cc(NC(=O)C[NH+]2CCCC[C@H]2C)ccc1Br. The van der Waals surface area contributed by atoms with Crippen LogP contribution in [0.1, 0.15) is 31.7 Å². The number of aryl methyl sites for hydroxylation is 1. The van der Waals surface area contributed by atoms with Gasteiger partial charge in [0.2, 0.25) is 0 Å². The van der Waals surface area contributed by atoms with Gasteiger partial charge in [-0.1, -0.05) is 15.9 Å². The molecule has 1 fully saturated rings. The molecule has 2 N–H and O–H groups in total. The van der Waals surface area contributed by atoms with Crippen LogP contribution in [-0.2, 0) is 4.79 Å². The smallest absolute Gasteiger partial charge is 0.279 e. The highest BCUT2D eigenvalue weighted by molar-refractivity contribution is 9.10. The minimum Gasteiger partial charge on any atom is -0.325 e. The standard InChI is InChI=1S/C15H21BrN2O/c1-11-9-13(6-7-14(11)16)17-15(19)10-18-8-4-3-5-12(18)2/h6-7,9,12H,3-5,8,10H2,1-2H3,(H,17,19)/p+1/t12-/m1/s1. The topological polar surface area (TPSA) is 33.5 Å². The normalized spacial score (nSPS) is 23.1. The van der Waals surface area contributed by atoms with Gasteiger partial charge in [-0.25, -0.2) is 0 Å². The van der Waals surface area contributed by atoms with Gasteiger partial charge >= 0.3 is 0 Å². The van der Waals surface area contributed by atoms with Crippen LogP contribution in [0.3, 0.4) is 0 Å². The lowest BCUT2D eigenvalue weighted by Gasteiger charge is -2.29. The third-order valence-electron chi connectivity index (χ3n) is 3.91. The molecule has 1 heterocycles. The van der Waals surface area contributed by atoms with Crippen molar-refractivity contribution in [1.29, 1.82) is 0 Å². The number of benzene rings is 1. The molecule has 0 radical (unpaired) electrons. The van der Waals surface area contributed by atoms with Crippen LogP contribution in [0.15, 0.2) is 22.7 Å². The zero-order valence-electron chi connectivity index (χ0n) is 11.6. The number of rotatable bonds is 3. The Balaban J connectivity index is 1.91. The number of hydrogen-bond donors (Lipinski definition) is 2. The molecule has 1 aromatic rings. The number of piperidine rings is 1. The van der Waals surface area contributed by atoms with E-state index in [4.69, 9.17) is 0 Å². The summed E-state index contributed by atoms with van der Waals surface area (Å²) >= 11 is 3.47. The third-order valence-corrected chi connectivity index (χ3v) is 4.80. The van der Waals surface area contributed by atoms with Gasteiger partial charge in [0.15, 0.2) is 6.54 Å². The molecule has 104 valence electrons. The second-order valence-electron chi connectivity index (χ2n) is 5.49. The van der Waals surface area contributed by atoms with Gasteiger partial charge in [0.05, 0.1) is 12.6 Å². The summed E-state index contributed by atoms with van der Waals surface area (Å²) in [5.41, 5.74) is 2.02. The zero-order chi connectivity index (χ0) is 13.8. The minimum atomic E-state index is 0.116. The first kappa shape index (κ1) is 14.5. The van der Waals surface area contributed by atoms with Crippen molar-refractivity contribution in [2.45, 2.75) is 39.2 Å². The van der Waals surface area contributed by atoms with E-state index in [9.17, 15) is 4.79 Å². The Hall–Kier alpha value is -0.870. The number of amides is 1. The Morgan fingerprint density at radius 3 is 2.95 bits per heavy atom. The van der Waals surface area contributed by atoms with E-state index in [0.29, 0.717) is 12.6 Å². The maximum Gasteiger partial charge on any atom is 0.279 e. The Labute approximate surface area is 123 Å². The number of carbonyl (C=O) groups excluding carboxylic acids is 1. The largest absolute Gasteiger partial charge is 0.325 e. The molecular formula is C15H22BrN2O+. The maximum atomic E-state index is 12.1. The summed E-state index contributed by atoms with van der Waals surface area (Å²) in [7, 11) is 0. The van der Waals surface area contributed by atoms with Crippen molar-refractivity contribution in [2.24, 2.45) is 0 Å². The number of nitrogens with one attached hydrogen (secondary N) is 2. The first-order chi connectivity index (χ1) is 9.06. The lowest BCUT2D eigenvalue weighted by atomic mass is 10.0. The maximum absolute atomic E-state index is 12.1. The number of hydrogen-bond acceptors (Lipinski definition) is 1. The van der Waals surface area contributed by atoms with Crippen LogP contribution in [0.5, 0.6) is 0 Å². The highest BCUT2D eigenvalue weighted by Crippen LogP contribution is 2.19. The lowest BCUT2D eigenvalue weighted by molar-refractivity contribution is -0.920. The molecule has 0 bridgehead atoms. The van der Waals surface area contributed by atoms with Crippen LogP contribution in [0, 0.1) is 6.92 Å². The monoisotopic (exact) mass is 325 g/mol. The van der Waals surface area contributed by atoms with Crippen molar-refractivity contribution in [3.05, 3.63) is 28.2 Å². The zero-order valence-corrected chi connectivity index (χ0v) is 13.2. The summed E-state index contributed by atoms with van der Waals surface area (Å²) in [4.78, 5) is 13.5. The van der Waals surface area contributed by atoms with E-state index >= 15 is 0 Å². The van der Waals surface area contributed by atoms with Gasteiger partial charge < -0.3 is 10.2 Å². The van der Waals surface area contributed by atoms with Crippen LogP contribution < -0.4 is 10.2 Å². The molecule has 4 heteroatoms. The van der Waals surface area contributed by atoms with Gasteiger partial charge in [-0.2, -0.15) is 0 Å². The van der Waals surface area contributed by atoms with E-state index in [1.807, 2.05) is 25.1 Å². The fourth-order valence-corrected chi connectivity index (χ4v) is 2.90. The van der Waals surface area contributed by atoms with Crippen LogP contribution in [0.2, 0.25) is 0 Å². The Morgan fingerprint density at radius 2 is 2.26 bits per heavy atom. The van der Waals surface area contributed by atoms with E-state index in [-0.39, 0.29) is 5.91 Å². The van der Waals surface area contributed by atoms with E-state index in [0.717, 1.165) is 22.3 Å². The third kappa shape index (κ3) is 4.05. The van der Waals surface area contributed by atoms with Crippen LogP contribution in [0.25, 0.3) is 0 Å². The number of quaternary nitrogens is 1. The molecule has 0 saturated carbocycles. The second-order valence-corrected chi connectivity index (χ2v) is 6.35. The van der Waals surface area contributed by atoms with Crippen molar-refractivity contribution in [2.75, 3.05) is 18.4 Å². The minimum absolute atomic E-state index is 0.116. The fraction of sp³-hybridized carbons (Fsp3) is 0.533. The highest BCUT2D eigenvalue weighted by Gasteiger charge is 2.24. The highest BCUT2D eigenvalue weighted by atomic mass is 79.9. The molecule has 19 heavy (non-hydrogen) atoms. The van der Waals surface area contributed by atoms with Crippen molar-refractivity contribution < 1.29 is 9.69 Å². The van der Waals surface area contributed by atoms with E-state index < -0.39 is 0 Å². The molecule has 1 aliphatic rings. The van der Waals surface area contributed by atoms with Crippen molar-refractivity contribution >= 4 is 27.5 Å². The summed E-state index contributed by atoms with van der Waals surface area (Å²) in [5, 5.41) is 3.00. The number of halogens is 1. The van der Waals surface area contributed by atoms with E-state index in [1.165, 1.54) is 24.2 Å². The molecule has 2 rings (SSSR count). The van der Waals surface area contributed by atoms with Gasteiger partial charge in [0, 0.05) is 10.2 Å². The molecular weight excluding hydrogens is 304 g/mol. The van der Waals surface area contributed by atoms with Gasteiger partial charge in [0.1, 0.15) is 0 Å². The Morgan fingerprint density at radius 1 is 1.47 bits per heavy atom. The molecule has 2 atom stereocenters. The average Bonchev–Trinajstić information content (AvgIpc) is 2.37. The summed E-state index contributed by atoms with van der Waals surface area (Å²) in [6.45, 7) is 5.97. The van der Waals surface area contributed by atoms with Gasteiger partial charge in [-0.3, -0.25) is 4.79 Å². The van der Waals surface area contributed by atoms with Crippen LogP contribution in [-0.4, -0.2) is 25.0 Å². The Kier molecular flexibility index (Phi) is 4.99. The predicted octanol–water partition coefficient (Wildman–Crippen LogP) is 2.15. The quantitative estimate of drug-likeness (QED) is 0.877. The van der Waals surface area contributed by atoms with Crippen LogP contribution in [0.4, 0.5) is 5.69 Å². The summed E-state index contributed by atoms with van der Waals surface area (Å²) < 4.78 is 1.07. The molecule has 1 amide bonds. The van der Waals surface area contributed by atoms with Gasteiger partial charge in [-0.15, -0.1) is 0 Å². The second kappa shape index (κ2) is 6.53. The van der Waals surface area contributed by atoms with Crippen LogP contribution >= 0.6 is 15.9 Å². The Bertz CT molecular complexity index is 461.